The van der Waals surface area contributed by atoms with Crippen LogP contribution in [0.2, 0.25) is 5.02 Å². The van der Waals surface area contributed by atoms with Crippen LogP contribution in [-0.4, -0.2) is 12.9 Å². The number of hydrogen-bond donors (Lipinski definition) is 0. The van der Waals surface area contributed by atoms with Crippen LogP contribution in [0.3, 0.4) is 0 Å². The van der Waals surface area contributed by atoms with Gasteiger partial charge in [0.15, 0.2) is 5.78 Å². The van der Waals surface area contributed by atoms with Crippen molar-refractivity contribution in [2.75, 3.05) is 7.11 Å². The number of halogens is 1. The number of ether oxygens (including phenoxy) is 1. The Kier molecular flexibility index (Phi) is 4.13. The zero-order valence-electron chi connectivity index (χ0n) is 9.71. The third-order valence-corrected chi connectivity index (χ3v) is 2.58. The summed E-state index contributed by atoms with van der Waals surface area (Å²) in [5.41, 5.74) is 1.40. The highest BCUT2D eigenvalue weighted by Gasteiger charge is 2.17. The van der Waals surface area contributed by atoms with Gasteiger partial charge in [0, 0.05) is 5.02 Å². The molecule has 1 rings (SSSR count). The van der Waals surface area contributed by atoms with Crippen molar-refractivity contribution >= 4 is 17.4 Å². The predicted octanol–water partition coefficient (Wildman–Crippen LogP) is 3.84. The highest BCUT2D eigenvalue weighted by Crippen LogP contribution is 2.33. The summed E-state index contributed by atoms with van der Waals surface area (Å²) in [7, 11) is 1.55. The summed E-state index contributed by atoms with van der Waals surface area (Å²) >= 11 is 5.98. The third-order valence-electron chi connectivity index (χ3n) is 2.36. The van der Waals surface area contributed by atoms with Crippen LogP contribution in [0.25, 0.3) is 0 Å². The SMILES string of the molecule is C=CC(=O)c1cc(Cl)cc(C(C)C)c1OC. The van der Waals surface area contributed by atoms with Crippen LogP contribution >= 0.6 is 11.6 Å². The van der Waals surface area contributed by atoms with Gasteiger partial charge in [-0.1, -0.05) is 32.0 Å². The highest BCUT2D eigenvalue weighted by atomic mass is 35.5. The molecule has 0 N–H and O–H groups in total. The second-order valence-corrected chi connectivity index (χ2v) is 4.24. The molecule has 16 heavy (non-hydrogen) atoms. The molecular formula is C13H15ClO2. The molecule has 3 heteroatoms. The second kappa shape index (κ2) is 5.17. The lowest BCUT2D eigenvalue weighted by Gasteiger charge is -2.15. The molecule has 1 aromatic rings. The van der Waals surface area contributed by atoms with Gasteiger partial charge in [0.1, 0.15) is 5.75 Å². The van der Waals surface area contributed by atoms with Gasteiger partial charge in [-0.2, -0.15) is 0 Å². The van der Waals surface area contributed by atoms with E-state index in [0.717, 1.165) is 5.56 Å². The van der Waals surface area contributed by atoms with Crippen LogP contribution in [0.5, 0.6) is 5.75 Å². The van der Waals surface area contributed by atoms with Gasteiger partial charge in [0.25, 0.3) is 0 Å². The fourth-order valence-corrected chi connectivity index (χ4v) is 1.79. The number of allylic oxidation sites excluding steroid dienone is 1. The van der Waals surface area contributed by atoms with Gasteiger partial charge in [0.05, 0.1) is 12.7 Å². The quantitative estimate of drug-likeness (QED) is 0.589. The van der Waals surface area contributed by atoms with Crippen molar-refractivity contribution in [3.05, 3.63) is 40.9 Å². The summed E-state index contributed by atoms with van der Waals surface area (Å²) in [5, 5.41) is 0.537. The van der Waals surface area contributed by atoms with E-state index < -0.39 is 0 Å². The maximum Gasteiger partial charge on any atom is 0.189 e. The van der Waals surface area contributed by atoms with Gasteiger partial charge in [-0.05, 0) is 29.7 Å². The number of benzene rings is 1. The molecule has 0 heterocycles. The van der Waals surface area contributed by atoms with Crippen molar-refractivity contribution < 1.29 is 9.53 Å². The number of carbonyl (C=O) groups excluding carboxylic acids is 1. The zero-order valence-corrected chi connectivity index (χ0v) is 10.5. The smallest absolute Gasteiger partial charge is 0.189 e. The molecule has 0 spiro atoms. The average molecular weight is 239 g/mol. The molecule has 86 valence electrons. The lowest BCUT2D eigenvalue weighted by atomic mass is 9.97. The lowest BCUT2D eigenvalue weighted by molar-refractivity contribution is 0.104. The number of carbonyl (C=O) groups is 1. The molecule has 0 aliphatic heterocycles. The molecule has 0 aromatic heterocycles. The Morgan fingerprint density at radius 1 is 1.50 bits per heavy atom. The second-order valence-electron chi connectivity index (χ2n) is 3.80. The first-order valence-electron chi connectivity index (χ1n) is 5.05. The van der Waals surface area contributed by atoms with E-state index in [2.05, 4.69) is 6.58 Å². The van der Waals surface area contributed by atoms with Gasteiger partial charge in [0.2, 0.25) is 0 Å². The minimum Gasteiger partial charge on any atom is -0.496 e. The Bertz CT molecular complexity index is 422. The van der Waals surface area contributed by atoms with E-state index in [9.17, 15) is 4.79 Å². The molecule has 2 nitrogen and oxygen atoms in total. The lowest BCUT2D eigenvalue weighted by Crippen LogP contribution is -2.03. The molecule has 0 amide bonds. The van der Waals surface area contributed by atoms with Gasteiger partial charge >= 0.3 is 0 Å². The Balaban J connectivity index is 3.47. The minimum absolute atomic E-state index is 0.179. The largest absolute Gasteiger partial charge is 0.496 e. The van der Waals surface area contributed by atoms with Gasteiger partial charge in [-0.3, -0.25) is 4.79 Å². The van der Waals surface area contributed by atoms with Crippen molar-refractivity contribution in [2.45, 2.75) is 19.8 Å². The molecule has 0 saturated carbocycles. The first kappa shape index (κ1) is 12.8. The van der Waals surface area contributed by atoms with Crippen molar-refractivity contribution in [3.63, 3.8) is 0 Å². The van der Waals surface area contributed by atoms with Crippen LogP contribution < -0.4 is 4.74 Å². The van der Waals surface area contributed by atoms with E-state index in [-0.39, 0.29) is 11.7 Å². The summed E-state index contributed by atoms with van der Waals surface area (Å²) in [5.74, 6) is 0.649. The maximum atomic E-state index is 11.7. The fraction of sp³-hybridized carbons (Fsp3) is 0.308. The number of methoxy groups -OCH3 is 1. The molecule has 0 bridgehead atoms. The normalized spacial score (nSPS) is 10.3. The van der Waals surface area contributed by atoms with Gasteiger partial charge < -0.3 is 4.74 Å². The van der Waals surface area contributed by atoms with Crippen LogP contribution in [0, 0.1) is 0 Å². The summed E-state index contributed by atoms with van der Waals surface area (Å²) < 4.78 is 5.29. The number of ketones is 1. The standard InChI is InChI=1S/C13H15ClO2/c1-5-12(15)11-7-9(14)6-10(8(2)3)13(11)16-4/h5-8H,1H2,2-4H3. The van der Waals surface area contributed by atoms with E-state index in [1.54, 1.807) is 13.2 Å². The number of hydrogen-bond acceptors (Lipinski definition) is 2. The van der Waals surface area contributed by atoms with E-state index in [1.165, 1.54) is 6.08 Å². The fourth-order valence-electron chi connectivity index (χ4n) is 1.56. The first-order valence-corrected chi connectivity index (χ1v) is 5.43. The van der Waals surface area contributed by atoms with Gasteiger partial charge in [-0.15, -0.1) is 0 Å². The molecule has 0 atom stereocenters. The summed E-state index contributed by atoms with van der Waals surface area (Å²) in [4.78, 5) is 11.7. The van der Waals surface area contributed by atoms with E-state index in [4.69, 9.17) is 16.3 Å². The van der Waals surface area contributed by atoms with Crippen LogP contribution in [0.15, 0.2) is 24.8 Å². The maximum absolute atomic E-state index is 11.7. The Morgan fingerprint density at radius 2 is 2.12 bits per heavy atom. The van der Waals surface area contributed by atoms with E-state index in [1.807, 2.05) is 19.9 Å². The van der Waals surface area contributed by atoms with E-state index in [0.29, 0.717) is 16.3 Å². The van der Waals surface area contributed by atoms with Gasteiger partial charge in [-0.25, -0.2) is 0 Å². The zero-order chi connectivity index (χ0) is 12.3. The minimum atomic E-state index is -0.179. The topological polar surface area (TPSA) is 26.3 Å². The molecule has 0 radical (unpaired) electrons. The average Bonchev–Trinajstić information content (AvgIpc) is 2.26. The molecule has 1 aromatic carbocycles. The van der Waals surface area contributed by atoms with Crippen LogP contribution in [0.4, 0.5) is 0 Å². The Morgan fingerprint density at radius 3 is 2.56 bits per heavy atom. The predicted molar refractivity (Wildman–Crippen MR) is 66.6 cm³/mol. The Labute approximate surface area is 101 Å². The first-order chi connectivity index (χ1) is 7.51. The number of rotatable bonds is 4. The monoisotopic (exact) mass is 238 g/mol. The van der Waals surface area contributed by atoms with Crippen molar-refractivity contribution in [2.24, 2.45) is 0 Å². The van der Waals surface area contributed by atoms with E-state index >= 15 is 0 Å². The Hall–Kier alpha value is -1.28. The molecule has 0 fully saturated rings. The molecule has 0 aliphatic carbocycles. The molecule has 0 saturated heterocycles. The summed E-state index contributed by atoms with van der Waals surface area (Å²) in [6.07, 6.45) is 1.26. The molecule has 0 unspecified atom stereocenters. The van der Waals surface area contributed by atoms with Crippen molar-refractivity contribution in [1.82, 2.24) is 0 Å². The summed E-state index contributed by atoms with van der Waals surface area (Å²) in [6.45, 7) is 7.52. The highest BCUT2D eigenvalue weighted by molar-refractivity contribution is 6.31. The van der Waals surface area contributed by atoms with Crippen molar-refractivity contribution in [1.29, 1.82) is 0 Å². The molecule has 0 aliphatic rings. The molecular weight excluding hydrogens is 224 g/mol. The van der Waals surface area contributed by atoms with Crippen LogP contribution in [0.1, 0.15) is 35.7 Å². The van der Waals surface area contributed by atoms with Crippen molar-refractivity contribution in [3.8, 4) is 5.75 Å². The third kappa shape index (κ3) is 2.45. The van der Waals surface area contributed by atoms with Crippen LogP contribution in [-0.2, 0) is 0 Å². The summed E-state index contributed by atoms with van der Waals surface area (Å²) in [6, 6.07) is 3.43.